The molecule has 2 atom stereocenters. The summed E-state index contributed by atoms with van der Waals surface area (Å²) in [6.45, 7) is 6.67. The van der Waals surface area contributed by atoms with Crippen molar-refractivity contribution in [2.24, 2.45) is 5.92 Å². The average Bonchev–Trinajstić information content (AvgIpc) is 1.82. The van der Waals surface area contributed by atoms with Crippen molar-refractivity contribution in [2.75, 3.05) is 0 Å². The second kappa shape index (κ2) is 2.65. The van der Waals surface area contributed by atoms with Gasteiger partial charge in [-0.05, 0) is 25.6 Å². The Morgan fingerprint density at radius 3 is 2.50 bits per heavy atom. The minimum absolute atomic E-state index is 0.727. The van der Waals surface area contributed by atoms with Gasteiger partial charge in [-0.1, -0.05) is 30.2 Å². The van der Waals surface area contributed by atoms with E-state index >= 15 is 0 Å². The van der Waals surface area contributed by atoms with Gasteiger partial charge in [-0.25, -0.2) is 0 Å². The van der Waals surface area contributed by atoms with Crippen LogP contribution in [0.15, 0.2) is 23.3 Å². The molecule has 0 saturated carbocycles. The molecule has 1 heteroatoms. The molecule has 0 saturated heterocycles. The molecule has 0 heterocycles. The zero-order valence-electron chi connectivity index (χ0n) is 7.31. The lowest BCUT2D eigenvalue weighted by Gasteiger charge is -2.22. The van der Waals surface area contributed by atoms with E-state index in [0.29, 0.717) is 0 Å². The lowest BCUT2D eigenvalue weighted by molar-refractivity contribution is 0.698. The number of rotatable bonds is 0. The van der Waals surface area contributed by atoms with Gasteiger partial charge >= 0.3 is 0 Å². The van der Waals surface area contributed by atoms with Crippen LogP contribution in [-0.2, 0) is 0 Å². The highest BCUT2D eigenvalue weighted by molar-refractivity contribution is 6.14. The fourth-order valence-corrected chi connectivity index (χ4v) is 1.51. The fourth-order valence-electron chi connectivity index (χ4n) is 1.51. The van der Waals surface area contributed by atoms with Crippen LogP contribution < -0.4 is 0 Å². The van der Waals surface area contributed by atoms with E-state index in [1.807, 2.05) is 0 Å². The van der Waals surface area contributed by atoms with Gasteiger partial charge in [0.15, 0.2) is 0 Å². The Morgan fingerprint density at radius 2 is 2.00 bits per heavy atom. The van der Waals surface area contributed by atoms with E-state index in [4.69, 9.17) is 0 Å². The highest BCUT2D eigenvalue weighted by atomic mass is 14.2. The van der Waals surface area contributed by atoms with Crippen molar-refractivity contribution < 1.29 is 0 Å². The Labute approximate surface area is 64.4 Å². The van der Waals surface area contributed by atoms with Gasteiger partial charge in [-0.2, -0.15) is 0 Å². The van der Waals surface area contributed by atoms with Crippen molar-refractivity contribution in [3.8, 4) is 0 Å². The summed E-state index contributed by atoms with van der Waals surface area (Å²) in [5.74, 6) is 1.47. The van der Waals surface area contributed by atoms with Crippen molar-refractivity contribution in [1.82, 2.24) is 0 Å². The molecule has 0 spiro atoms. The first-order valence-electron chi connectivity index (χ1n) is 3.98. The van der Waals surface area contributed by atoms with E-state index in [9.17, 15) is 0 Å². The number of hydrogen-bond acceptors (Lipinski definition) is 0. The minimum Gasteiger partial charge on any atom is -0.0789 e. The van der Waals surface area contributed by atoms with E-state index in [1.165, 1.54) is 11.1 Å². The Hall–Kier alpha value is -0.455. The summed E-state index contributed by atoms with van der Waals surface area (Å²) in [6, 6.07) is 0. The van der Waals surface area contributed by atoms with Crippen LogP contribution in [0.25, 0.3) is 0 Å². The van der Waals surface area contributed by atoms with Crippen LogP contribution in [0.4, 0.5) is 0 Å². The summed E-state index contributed by atoms with van der Waals surface area (Å²) < 4.78 is 0. The van der Waals surface area contributed by atoms with Crippen molar-refractivity contribution in [2.45, 2.75) is 26.6 Å². The molecule has 0 amide bonds. The summed E-state index contributed by atoms with van der Waals surface area (Å²) in [4.78, 5) is 0. The van der Waals surface area contributed by atoms with Crippen molar-refractivity contribution in [1.29, 1.82) is 0 Å². The van der Waals surface area contributed by atoms with Crippen LogP contribution in [0.2, 0.25) is 5.82 Å². The van der Waals surface area contributed by atoms with Crippen molar-refractivity contribution in [3.05, 3.63) is 23.3 Å². The van der Waals surface area contributed by atoms with Gasteiger partial charge in [0.25, 0.3) is 0 Å². The smallest absolute Gasteiger partial charge is 0.0789 e. The second-order valence-electron chi connectivity index (χ2n) is 3.45. The molecule has 1 rings (SSSR count). The van der Waals surface area contributed by atoms with Crippen LogP contribution in [0, 0.1) is 5.92 Å². The minimum atomic E-state index is 0.727. The van der Waals surface area contributed by atoms with Crippen LogP contribution in [0.3, 0.4) is 0 Å². The molecule has 54 valence electrons. The quantitative estimate of drug-likeness (QED) is 0.444. The van der Waals surface area contributed by atoms with E-state index in [0.717, 1.165) is 11.7 Å². The van der Waals surface area contributed by atoms with Crippen LogP contribution in [0.1, 0.15) is 20.8 Å². The van der Waals surface area contributed by atoms with E-state index < -0.39 is 0 Å². The third-order valence-electron chi connectivity index (χ3n) is 2.49. The van der Waals surface area contributed by atoms with Crippen LogP contribution >= 0.6 is 0 Å². The van der Waals surface area contributed by atoms with E-state index in [1.54, 1.807) is 0 Å². The Bertz CT molecular complexity index is 189. The van der Waals surface area contributed by atoms with Gasteiger partial charge in [0.05, 0.1) is 0 Å². The summed E-state index contributed by atoms with van der Waals surface area (Å²) in [5.41, 5.74) is 2.94. The topological polar surface area (TPSA) is 0 Å². The number of allylic oxidation sites excluding steroid dienone is 4. The van der Waals surface area contributed by atoms with E-state index in [-0.39, 0.29) is 0 Å². The third-order valence-corrected chi connectivity index (χ3v) is 2.49. The molecule has 0 aromatic carbocycles. The highest BCUT2D eigenvalue weighted by Gasteiger charge is 2.14. The Balaban J connectivity index is 2.85. The van der Waals surface area contributed by atoms with E-state index in [2.05, 4.69) is 40.8 Å². The molecule has 10 heavy (non-hydrogen) atoms. The number of hydrogen-bond donors (Lipinski definition) is 0. The predicted octanol–water partition coefficient (Wildman–Crippen LogP) is 1.95. The molecule has 0 aromatic rings. The summed E-state index contributed by atoms with van der Waals surface area (Å²) in [7, 11) is 2.29. The van der Waals surface area contributed by atoms with Crippen LogP contribution in [0.5, 0.6) is 0 Å². The molecular formula is C9H15B. The van der Waals surface area contributed by atoms with Gasteiger partial charge in [0.1, 0.15) is 7.85 Å². The van der Waals surface area contributed by atoms with Crippen LogP contribution in [-0.4, -0.2) is 7.85 Å². The zero-order chi connectivity index (χ0) is 7.72. The lowest BCUT2D eigenvalue weighted by Crippen LogP contribution is -2.08. The maximum absolute atomic E-state index is 2.34. The second-order valence-corrected chi connectivity index (χ2v) is 3.45. The lowest BCUT2D eigenvalue weighted by atomic mass is 9.69. The molecule has 0 fully saturated rings. The summed E-state index contributed by atoms with van der Waals surface area (Å²) in [5, 5.41) is 0. The third kappa shape index (κ3) is 1.34. The first-order valence-corrected chi connectivity index (χ1v) is 3.98. The molecule has 0 bridgehead atoms. The largest absolute Gasteiger partial charge is 0.111 e. The zero-order valence-corrected chi connectivity index (χ0v) is 7.31. The normalized spacial score (nSPS) is 33.1. The molecule has 0 aliphatic heterocycles. The Morgan fingerprint density at radius 1 is 1.40 bits per heavy atom. The van der Waals surface area contributed by atoms with Gasteiger partial charge in [-0.15, -0.1) is 0 Å². The molecule has 2 unspecified atom stereocenters. The van der Waals surface area contributed by atoms with Gasteiger partial charge < -0.3 is 0 Å². The first kappa shape index (κ1) is 7.65. The summed E-state index contributed by atoms with van der Waals surface area (Å²) >= 11 is 0. The molecule has 0 N–H and O–H groups in total. The summed E-state index contributed by atoms with van der Waals surface area (Å²) in [6.07, 6.45) is 4.63. The maximum atomic E-state index is 2.34. The molecule has 1 aliphatic carbocycles. The molecular weight excluding hydrogens is 119 g/mol. The fraction of sp³-hybridized carbons (Fsp3) is 0.556. The molecule has 0 aromatic heterocycles. The van der Waals surface area contributed by atoms with Crippen molar-refractivity contribution >= 4 is 7.85 Å². The molecule has 0 nitrogen and oxygen atoms in total. The predicted molar refractivity (Wildman–Crippen MR) is 49.0 cm³/mol. The first-order chi connectivity index (χ1) is 4.61. The van der Waals surface area contributed by atoms with Gasteiger partial charge in [-0.3, -0.25) is 0 Å². The van der Waals surface area contributed by atoms with Gasteiger partial charge in [0.2, 0.25) is 0 Å². The van der Waals surface area contributed by atoms with Crippen molar-refractivity contribution in [3.63, 3.8) is 0 Å². The standard InChI is InChI=1S/C9H15B/c1-6-4-7(2)9(10)8(3)5-6/h4-5,7,9H,10H2,1-3H3. The SMILES string of the molecule is BC1C(C)=CC(C)=CC1C. The molecule has 1 aliphatic rings. The van der Waals surface area contributed by atoms with Gasteiger partial charge in [0, 0.05) is 0 Å². The molecule has 0 radical (unpaired) electrons. The maximum Gasteiger partial charge on any atom is 0.111 e. The monoisotopic (exact) mass is 134 g/mol. The highest BCUT2D eigenvalue weighted by Crippen LogP contribution is 2.30. The average molecular weight is 134 g/mol. The Kier molecular flexibility index (Phi) is 2.03.